The van der Waals surface area contributed by atoms with E-state index in [1.807, 2.05) is 81.8 Å². The second-order valence-corrected chi connectivity index (χ2v) is 8.59. The first-order valence-electron chi connectivity index (χ1n) is 10.2. The van der Waals surface area contributed by atoms with E-state index in [1.165, 1.54) is 0 Å². The number of fused-ring (bicyclic) bond motifs is 1. The summed E-state index contributed by atoms with van der Waals surface area (Å²) in [4.78, 5) is 26.8. The standard InChI is InChI=1S/C22H26N8O/c1-14(2)30-18-16(25-21(30)29-13-9-12-23-29)17(26-19(31)22(3,4)5)27-20(28-18)24-15-10-7-6-8-11-15/h6-14H,1-5H3,(H2,24,26,27,28,31). The third kappa shape index (κ3) is 4.11. The van der Waals surface area contributed by atoms with Crippen LogP contribution in [0.3, 0.4) is 0 Å². The monoisotopic (exact) mass is 418 g/mol. The largest absolute Gasteiger partial charge is 0.324 e. The zero-order valence-electron chi connectivity index (χ0n) is 18.3. The molecule has 0 spiro atoms. The Labute approximate surface area is 180 Å². The summed E-state index contributed by atoms with van der Waals surface area (Å²) < 4.78 is 3.66. The summed E-state index contributed by atoms with van der Waals surface area (Å²) >= 11 is 0. The van der Waals surface area contributed by atoms with Crippen LogP contribution in [0.1, 0.15) is 40.7 Å². The minimum atomic E-state index is -0.588. The maximum absolute atomic E-state index is 12.8. The summed E-state index contributed by atoms with van der Waals surface area (Å²) in [6, 6.07) is 11.5. The van der Waals surface area contributed by atoms with Gasteiger partial charge in [-0.05, 0) is 32.0 Å². The molecule has 160 valence electrons. The Morgan fingerprint density at radius 1 is 1.03 bits per heavy atom. The van der Waals surface area contributed by atoms with Crippen molar-refractivity contribution in [3.05, 3.63) is 48.8 Å². The van der Waals surface area contributed by atoms with E-state index in [0.29, 0.717) is 28.9 Å². The van der Waals surface area contributed by atoms with E-state index < -0.39 is 5.41 Å². The number of imidazole rings is 1. The lowest BCUT2D eigenvalue weighted by molar-refractivity contribution is -0.123. The molecule has 0 unspecified atom stereocenters. The van der Waals surface area contributed by atoms with Crippen LogP contribution >= 0.6 is 0 Å². The van der Waals surface area contributed by atoms with Crippen LogP contribution in [0.5, 0.6) is 0 Å². The van der Waals surface area contributed by atoms with Crippen LogP contribution in [-0.2, 0) is 4.79 Å². The zero-order valence-corrected chi connectivity index (χ0v) is 18.3. The van der Waals surface area contributed by atoms with Gasteiger partial charge < -0.3 is 10.6 Å². The molecule has 1 aromatic carbocycles. The van der Waals surface area contributed by atoms with Crippen LogP contribution in [0.4, 0.5) is 17.5 Å². The number of para-hydroxylation sites is 1. The van der Waals surface area contributed by atoms with E-state index in [0.717, 1.165) is 5.69 Å². The number of anilines is 3. The molecule has 0 radical (unpaired) electrons. The highest BCUT2D eigenvalue weighted by molar-refractivity contribution is 6.00. The molecule has 0 aliphatic carbocycles. The van der Waals surface area contributed by atoms with Crippen LogP contribution in [0, 0.1) is 5.41 Å². The van der Waals surface area contributed by atoms with Crippen molar-refractivity contribution in [2.45, 2.75) is 40.7 Å². The average Bonchev–Trinajstić information content (AvgIpc) is 3.35. The molecule has 3 aromatic heterocycles. The van der Waals surface area contributed by atoms with E-state index >= 15 is 0 Å². The first-order valence-corrected chi connectivity index (χ1v) is 10.2. The number of nitrogens with one attached hydrogen (secondary N) is 2. The van der Waals surface area contributed by atoms with Gasteiger partial charge in [-0.1, -0.05) is 39.0 Å². The van der Waals surface area contributed by atoms with E-state index in [4.69, 9.17) is 9.97 Å². The number of carbonyl (C=O) groups is 1. The van der Waals surface area contributed by atoms with Crippen LogP contribution in [-0.4, -0.2) is 35.2 Å². The average molecular weight is 419 g/mol. The summed E-state index contributed by atoms with van der Waals surface area (Å²) in [6.07, 6.45) is 3.52. The smallest absolute Gasteiger partial charge is 0.233 e. The first-order chi connectivity index (χ1) is 14.7. The number of carbonyl (C=O) groups excluding carboxylic acids is 1. The van der Waals surface area contributed by atoms with Crippen molar-refractivity contribution >= 4 is 34.5 Å². The minimum absolute atomic E-state index is 0.0508. The summed E-state index contributed by atoms with van der Waals surface area (Å²) in [5, 5.41) is 10.5. The van der Waals surface area contributed by atoms with Gasteiger partial charge in [0.05, 0.1) is 0 Å². The number of nitrogens with zero attached hydrogens (tertiary/aromatic N) is 6. The van der Waals surface area contributed by atoms with Crippen molar-refractivity contribution < 1.29 is 4.79 Å². The van der Waals surface area contributed by atoms with Crippen molar-refractivity contribution in [3.8, 4) is 5.95 Å². The summed E-state index contributed by atoms with van der Waals surface area (Å²) in [5.41, 5.74) is 1.38. The molecule has 0 aliphatic heterocycles. The Morgan fingerprint density at radius 3 is 2.39 bits per heavy atom. The molecule has 0 aliphatic rings. The predicted molar refractivity (Wildman–Crippen MR) is 121 cm³/mol. The topological polar surface area (TPSA) is 103 Å². The summed E-state index contributed by atoms with van der Waals surface area (Å²) in [5.74, 6) is 1.18. The van der Waals surface area contributed by atoms with Crippen molar-refractivity contribution in [1.29, 1.82) is 0 Å². The maximum atomic E-state index is 12.8. The number of amides is 1. The lowest BCUT2D eigenvalue weighted by Gasteiger charge is -2.18. The molecule has 0 atom stereocenters. The van der Waals surface area contributed by atoms with Gasteiger partial charge in [0.2, 0.25) is 17.8 Å². The number of aromatic nitrogens is 6. The molecule has 3 heterocycles. The van der Waals surface area contributed by atoms with E-state index in [-0.39, 0.29) is 11.9 Å². The molecular weight excluding hydrogens is 392 g/mol. The van der Waals surface area contributed by atoms with Gasteiger partial charge in [0, 0.05) is 29.5 Å². The fraction of sp³-hybridized carbons (Fsp3) is 0.318. The molecule has 0 bridgehead atoms. The fourth-order valence-electron chi connectivity index (χ4n) is 3.08. The Bertz CT molecular complexity index is 1200. The second-order valence-electron chi connectivity index (χ2n) is 8.59. The molecular formula is C22H26N8O. The highest BCUT2D eigenvalue weighted by Crippen LogP contribution is 2.29. The summed E-state index contributed by atoms with van der Waals surface area (Å²) in [7, 11) is 0. The van der Waals surface area contributed by atoms with E-state index in [2.05, 4.69) is 20.7 Å². The van der Waals surface area contributed by atoms with Gasteiger partial charge in [0.1, 0.15) is 0 Å². The Balaban J connectivity index is 1.92. The van der Waals surface area contributed by atoms with Gasteiger partial charge in [-0.3, -0.25) is 9.36 Å². The van der Waals surface area contributed by atoms with E-state index in [9.17, 15) is 4.79 Å². The first kappa shape index (κ1) is 20.5. The molecule has 1 amide bonds. The predicted octanol–water partition coefficient (Wildman–Crippen LogP) is 4.32. The van der Waals surface area contributed by atoms with Crippen LogP contribution in [0.15, 0.2) is 48.8 Å². The number of hydrogen-bond donors (Lipinski definition) is 2. The number of benzene rings is 1. The van der Waals surface area contributed by atoms with Crippen molar-refractivity contribution in [2.75, 3.05) is 10.6 Å². The normalized spacial score (nSPS) is 11.8. The third-order valence-electron chi connectivity index (χ3n) is 4.69. The second kappa shape index (κ2) is 7.82. The van der Waals surface area contributed by atoms with Crippen LogP contribution in [0.2, 0.25) is 0 Å². The third-order valence-corrected chi connectivity index (χ3v) is 4.69. The van der Waals surface area contributed by atoms with Crippen molar-refractivity contribution in [2.24, 2.45) is 5.41 Å². The Kier molecular flexibility index (Phi) is 5.18. The van der Waals surface area contributed by atoms with Gasteiger partial charge in [0.25, 0.3) is 0 Å². The molecule has 0 saturated carbocycles. The highest BCUT2D eigenvalue weighted by atomic mass is 16.2. The fourth-order valence-corrected chi connectivity index (χ4v) is 3.08. The molecule has 31 heavy (non-hydrogen) atoms. The van der Waals surface area contributed by atoms with Gasteiger partial charge in [-0.25, -0.2) is 9.67 Å². The molecule has 0 saturated heterocycles. The lowest BCUT2D eigenvalue weighted by atomic mass is 9.96. The molecule has 4 aromatic rings. The minimum Gasteiger partial charge on any atom is -0.324 e. The quantitative estimate of drug-likeness (QED) is 0.500. The molecule has 9 heteroatoms. The molecule has 4 rings (SSSR count). The Hall–Kier alpha value is -3.75. The molecule has 9 nitrogen and oxygen atoms in total. The summed E-state index contributed by atoms with van der Waals surface area (Å²) in [6.45, 7) is 9.66. The van der Waals surface area contributed by atoms with Crippen molar-refractivity contribution in [1.82, 2.24) is 29.3 Å². The number of rotatable bonds is 5. The van der Waals surface area contributed by atoms with E-state index in [1.54, 1.807) is 10.9 Å². The van der Waals surface area contributed by atoms with Gasteiger partial charge in [-0.15, -0.1) is 0 Å². The van der Waals surface area contributed by atoms with Crippen LogP contribution in [0.25, 0.3) is 17.1 Å². The zero-order chi connectivity index (χ0) is 22.2. The van der Waals surface area contributed by atoms with Gasteiger partial charge >= 0.3 is 0 Å². The van der Waals surface area contributed by atoms with Crippen LogP contribution < -0.4 is 10.6 Å². The van der Waals surface area contributed by atoms with Gasteiger partial charge in [0.15, 0.2) is 17.0 Å². The highest BCUT2D eigenvalue weighted by Gasteiger charge is 2.26. The molecule has 0 fully saturated rings. The Morgan fingerprint density at radius 2 is 1.77 bits per heavy atom. The molecule has 2 N–H and O–H groups in total. The maximum Gasteiger partial charge on any atom is 0.233 e. The lowest BCUT2D eigenvalue weighted by Crippen LogP contribution is -2.28. The van der Waals surface area contributed by atoms with Crippen molar-refractivity contribution in [3.63, 3.8) is 0 Å². The number of hydrogen-bond acceptors (Lipinski definition) is 6. The SMILES string of the molecule is CC(C)n1c(-n2cccn2)nc2c(NC(=O)C(C)(C)C)nc(Nc3ccccc3)nc21. The van der Waals surface area contributed by atoms with Gasteiger partial charge in [-0.2, -0.15) is 15.1 Å².